The van der Waals surface area contributed by atoms with E-state index < -0.39 is 34.1 Å². The molecule has 0 atom stereocenters. The second kappa shape index (κ2) is 10.5. The molecule has 0 radical (unpaired) electrons. The molecule has 10 nitrogen and oxygen atoms in total. The van der Waals surface area contributed by atoms with Gasteiger partial charge in [0.1, 0.15) is 10.5 Å². The first kappa shape index (κ1) is 25.6. The molecule has 1 heterocycles. The summed E-state index contributed by atoms with van der Waals surface area (Å²) in [6.45, 7) is 2.54. The van der Waals surface area contributed by atoms with E-state index in [0.717, 1.165) is 36.8 Å². The van der Waals surface area contributed by atoms with Gasteiger partial charge in [-0.05, 0) is 44.4 Å². The topological polar surface area (TPSA) is 128 Å². The van der Waals surface area contributed by atoms with Crippen molar-refractivity contribution in [3.05, 3.63) is 51.4 Å². The van der Waals surface area contributed by atoms with Crippen LogP contribution in [0.3, 0.4) is 0 Å². The molecule has 34 heavy (non-hydrogen) atoms. The third-order valence-corrected chi connectivity index (χ3v) is 8.14. The van der Waals surface area contributed by atoms with Crippen LogP contribution in [-0.4, -0.2) is 54.1 Å². The zero-order valence-electron chi connectivity index (χ0n) is 19.8. The number of benzene rings is 1. The minimum Gasteiger partial charge on any atom is -0.452 e. The van der Waals surface area contributed by atoms with Crippen LogP contribution in [0.1, 0.15) is 53.7 Å². The number of amides is 1. The molecule has 1 aromatic carbocycles. The number of ether oxygens (including phenoxy) is 1. The lowest BCUT2D eigenvalue weighted by molar-refractivity contribution is -0.119. The molecule has 3 rings (SSSR count). The number of carbonyl (C=O) groups excluding carboxylic acids is 2. The molecule has 0 aliphatic heterocycles. The molecule has 0 spiro atoms. The molecular weight excluding hydrogens is 460 g/mol. The highest BCUT2D eigenvalue weighted by Gasteiger charge is 2.31. The first-order valence-corrected chi connectivity index (χ1v) is 12.6. The summed E-state index contributed by atoms with van der Waals surface area (Å²) in [7, 11) is -0.873. The minimum atomic E-state index is -3.85. The second-order valence-electron chi connectivity index (χ2n) is 8.45. The maximum Gasteiger partial charge on any atom is 0.344 e. The summed E-state index contributed by atoms with van der Waals surface area (Å²) in [6, 6.07) is 6.02. The fourth-order valence-electron chi connectivity index (χ4n) is 4.07. The smallest absolute Gasteiger partial charge is 0.344 e. The van der Waals surface area contributed by atoms with E-state index >= 15 is 0 Å². The van der Waals surface area contributed by atoms with E-state index in [1.165, 1.54) is 23.5 Å². The van der Waals surface area contributed by atoms with E-state index in [1.54, 1.807) is 33.0 Å². The van der Waals surface area contributed by atoms with Crippen molar-refractivity contribution in [3.63, 3.8) is 0 Å². The highest BCUT2D eigenvalue weighted by Crippen LogP contribution is 2.29. The third kappa shape index (κ3) is 5.36. The highest BCUT2D eigenvalue weighted by molar-refractivity contribution is 7.89. The Hall–Kier alpha value is -3.05. The van der Waals surface area contributed by atoms with Crippen molar-refractivity contribution in [2.24, 2.45) is 7.05 Å². The van der Waals surface area contributed by atoms with Crippen molar-refractivity contribution < 1.29 is 22.7 Å². The Balaban J connectivity index is 1.73. The van der Waals surface area contributed by atoms with Crippen LogP contribution in [0.15, 0.2) is 34.0 Å². The van der Waals surface area contributed by atoms with E-state index in [1.807, 2.05) is 0 Å². The van der Waals surface area contributed by atoms with Gasteiger partial charge in [0.25, 0.3) is 11.5 Å². The number of hydrogen-bond acceptors (Lipinski definition) is 7. The lowest BCUT2D eigenvalue weighted by atomic mass is 9.96. The lowest BCUT2D eigenvalue weighted by Gasteiger charge is -2.30. The van der Waals surface area contributed by atoms with Crippen LogP contribution in [0.2, 0.25) is 0 Å². The number of esters is 1. The fraction of sp³-hybridized carbons (Fsp3) is 0.478. The van der Waals surface area contributed by atoms with Gasteiger partial charge in [-0.3, -0.25) is 9.59 Å². The van der Waals surface area contributed by atoms with Crippen LogP contribution in [0.5, 0.6) is 0 Å². The van der Waals surface area contributed by atoms with Crippen LogP contribution in [0, 0.1) is 13.8 Å². The normalized spacial score (nSPS) is 14.7. The third-order valence-electron chi connectivity index (χ3n) is 6.17. The summed E-state index contributed by atoms with van der Waals surface area (Å²) in [5.41, 5.74) is 0.129. The summed E-state index contributed by atoms with van der Waals surface area (Å²) in [5, 5.41) is 6.52. The average Bonchev–Trinajstić information content (AvgIpc) is 2.82. The van der Waals surface area contributed by atoms with E-state index in [2.05, 4.69) is 10.4 Å². The Morgan fingerprint density at radius 3 is 2.50 bits per heavy atom. The summed E-state index contributed by atoms with van der Waals surface area (Å²) >= 11 is 0. The van der Waals surface area contributed by atoms with Crippen LogP contribution in [0.4, 0.5) is 5.69 Å². The molecule has 1 aliphatic rings. The van der Waals surface area contributed by atoms with Crippen molar-refractivity contribution >= 4 is 27.6 Å². The molecule has 11 heteroatoms. The Labute approximate surface area is 199 Å². The number of hydrogen-bond donors (Lipinski definition) is 1. The first-order valence-electron chi connectivity index (χ1n) is 11.1. The molecule has 0 unspecified atom stereocenters. The predicted molar refractivity (Wildman–Crippen MR) is 126 cm³/mol. The van der Waals surface area contributed by atoms with E-state index in [-0.39, 0.29) is 22.2 Å². The number of para-hydroxylation sites is 1. The van der Waals surface area contributed by atoms with Gasteiger partial charge in [-0.15, -0.1) is 0 Å². The van der Waals surface area contributed by atoms with E-state index in [9.17, 15) is 22.8 Å². The van der Waals surface area contributed by atoms with Gasteiger partial charge in [-0.25, -0.2) is 17.9 Å². The standard InChI is InChI=1S/C23H30N4O6S/c1-15-16(2)25-26(3)22(29)21(15)23(30)33-14-20(28)24-18-12-8-9-13-19(18)34(31,32)27(4)17-10-6-5-7-11-17/h8-9,12-13,17H,5-7,10-11,14H2,1-4H3,(H,24,28). The van der Waals surface area contributed by atoms with Crippen LogP contribution < -0.4 is 10.9 Å². The molecule has 2 aromatic rings. The van der Waals surface area contributed by atoms with Gasteiger partial charge in [0, 0.05) is 20.1 Å². The highest BCUT2D eigenvalue weighted by atomic mass is 32.2. The Morgan fingerprint density at radius 2 is 1.82 bits per heavy atom. The molecular formula is C23H30N4O6S. The van der Waals surface area contributed by atoms with E-state index in [0.29, 0.717) is 11.3 Å². The number of aryl methyl sites for hydroxylation is 2. The maximum absolute atomic E-state index is 13.3. The van der Waals surface area contributed by atoms with Gasteiger partial charge in [0.15, 0.2) is 6.61 Å². The molecule has 1 fully saturated rings. The summed E-state index contributed by atoms with van der Waals surface area (Å²) in [6.07, 6.45) is 4.66. The van der Waals surface area contributed by atoms with Gasteiger partial charge in [-0.2, -0.15) is 9.40 Å². The summed E-state index contributed by atoms with van der Waals surface area (Å²) in [5.74, 6) is -1.67. The molecule has 0 saturated heterocycles. The summed E-state index contributed by atoms with van der Waals surface area (Å²) in [4.78, 5) is 37.3. The lowest BCUT2D eigenvalue weighted by Crippen LogP contribution is -2.38. The number of anilines is 1. The van der Waals surface area contributed by atoms with Gasteiger partial charge >= 0.3 is 5.97 Å². The molecule has 0 bridgehead atoms. The Bertz CT molecular complexity index is 1250. The quantitative estimate of drug-likeness (QED) is 0.589. The molecule has 1 N–H and O–H groups in total. The number of carbonyl (C=O) groups is 2. The number of aromatic nitrogens is 2. The van der Waals surface area contributed by atoms with Gasteiger partial charge in [-0.1, -0.05) is 31.4 Å². The van der Waals surface area contributed by atoms with Crippen molar-refractivity contribution in [2.45, 2.75) is 56.9 Å². The zero-order chi connectivity index (χ0) is 25.0. The zero-order valence-corrected chi connectivity index (χ0v) is 20.6. The van der Waals surface area contributed by atoms with Crippen molar-refractivity contribution in [1.29, 1.82) is 0 Å². The maximum atomic E-state index is 13.3. The monoisotopic (exact) mass is 490 g/mol. The molecule has 1 aliphatic carbocycles. The Morgan fingerprint density at radius 1 is 1.18 bits per heavy atom. The summed E-state index contributed by atoms with van der Waals surface area (Å²) < 4.78 is 34.0. The Kier molecular flexibility index (Phi) is 7.88. The van der Waals surface area contributed by atoms with E-state index in [4.69, 9.17) is 4.74 Å². The number of nitrogens with one attached hydrogen (secondary N) is 1. The largest absolute Gasteiger partial charge is 0.452 e. The van der Waals surface area contributed by atoms with Crippen molar-refractivity contribution in [2.75, 3.05) is 19.0 Å². The molecule has 1 amide bonds. The minimum absolute atomic E-state index is 0.0303. The molecule has 184 valence electrons. The van der Waals surface area contributed by atoms with Crippen LogP contribution >= 0.6 is 0 Å². The second-order valence-corrected chi connectivity index (χ2v) is 10.4. The first-order chi connectivity index (χ1) is 16.0. The molecule has 1 aromatic heterocycles. The predicted octanol–water partition coefficient (Wildman–Crippen LogP) is 2.15. The number of sulfonamides is 1. The van der Waals surface area contributed by atoms with Gasteiger partial charge in [0.2, 0.25) is 10.0 Å². The van der Waals surface area contributed by atoms with Gasteiger partial charge in [0.05, 0.1) is 11.4 Å². The van der Waals surface area contributed by atoms with Crippen molar-refractivity contribution in [1.82, 2.24) is 14.1 Å². The average molecular weight is 491 g/mol. The fourth-order valence-corrected chi connectivity index (χ4v) is 5.63. The number of rotatable bonds is 7. The van der Waals surface area contributed by atoms with Crippen molar-refractivity contribution in [3.8, 4) is 0 Å². The SMILES string of the molecule is Cc1nn(C)c(=O)c(C(=O)OCC(=O)Nc2ccccc2S(=O)(=O)N(C)C2CCCCC2)c1C. The number of nitrogens with zero attached hydrogens (tertiary/aromatic N) is 3. The van der Waals surface area contributed by atoms with Gasteiger partial charge < -0.3 is 10.1 Å². The van der Waals surface area contributed by atoms with Crippen LogP contribution in [0.25, 0.3) is 0 Å². The molecule has 1 saturated carbocycles. The van der Waals surface area contributed by atoms with Crippen LogP contribution in [-0.2, 0) is 26.6 Å².